The second kappa shape index (κ2) is 5.78. The van der Waals surface area contributed by atoms with Crippen molar-refractivity contribution in [1.29, 1.82) is 0 Å². The van der Waals surface area contributed by atoms with Crippen molar-refractivity contribution in [2.24, 2.45) is 0 Å². The largest absolute Gasteiger partial charge is 0.305 e. The van der Waals surface area contributed by atoms with E-state index < -0.39 is 0 Å². The Morgan fingerprint density at radius 3 is 2.94 bits per heavy atom. The average molecular weight is 260 g/mol. The number of rotatable bonds is 5. The molecule has 1 aromatic carbocycles. The Hall–Kier alpha value is -1.68. The number of carbonyl (C=O) groups is 1. The quantitative estimate of drug-likeness (QED) is 0.834. The maximum Gasteiger partial charge on any atom is 0.213 e. The predicted molar refractivity (Wildman–Crippen MR) is 76.0 cm³/mol. The normalized spacial score (nSPS) is 10.3. The molecule has 0 atom stereocenters. The van der Waals surface area contributed by atoms with Crippen LogP contribution in [0, 0.1) is 6.92 Å². The zero-order valence-electron chi connectivity index (χ0n) is 10.6. The van der Waals surface area contributed by atoms with E-state index in [0.29, 0.717) is 11.5 Å². The Labute approximate surface area is 111 Å². The lowest BCUT2D eigenvalue weighted by Gasteiger charge is -2.06. The molecule has 1 aromatic heterocycles. The molecule has 0 aliphatic heterocycles. The molecule has 0 fully saturated rings. The van der Waals surface area contributed by atoms with Crippen LogP contribution in [0.25, 0.3) is 11.3 Å². The van der Waals surface area contributed by atoms with Crippen LogP contribution in [0.3, 0.4) is 0 Å². The molecule has 0 spiro atoms. The minimum absolute atomic E-state index is 0.635. The Balaban J connectivity index is 2.27. The topological polar surface area (TPSA) is 42.0 Å². The van der Waals surface area contributed by atoms with Gasteiger partial charge in [-0.25, -0.2) is 4.98 Å². The van der Waals surface area contributed by atoms with E-state index in [1.807, 2.05) is 5.38 Å². The van der Waals surface area contributed by atoms with E-state index in [-0.39, 0.29) is 0 Å². The van der Waals surface area contributed by atoms with Crippen molar-refractivity contribution in [2.75, 3.05) is 5.32 Å². The van der Waals surface area contributed by atoms with E-state index >= 15 is 0 Å². The van der Waals surface area contributed by atoms with Crippen molar-refractivity contribution < 1.29 is 4.79 Å². The standard InChI is InChI=1S/C14H16N2OS/c1-3-4-11-5-6-12(7-10(11)2)13-8-18-14(16-13)15-9-17/h5-9H,3-4H2,1-2H3,(H,15,16,17). The summed E-state index contributed by atoms with van der Waals surface area (Å²) in [6.07, 6.45) is 2.92. The molecule has 0 saturated heterocycles. The number of nitrogens with zero attached hydrogens (tertiary/aromatic N) is 1. The number of carbonyl (C=O) groups excluding carboxylic acids is 1. The molecule has 0 saturated carbocycles. The summed E-state index contributed by atoms with van der Waals surface area (Å²) in [5.74, 6) is 0. The van der Waals surface area contributed by atoms with E-state index in [2.05, 4.69) is 42.3 Å². The molecule has 0 radical (unpaired) electrons. The molecule has 18 heavy (non-hydrogen) atoms. The molecule has 0 bridgehead atoms. The Kier molecular flexibility index (Phi) is 4.10. The van der Waals surface area contributed by atoms with Gasteiger partial charge in [-0.05, 0) is 30.5 Å². The van der Waals surface area contributed by atoms with E-state index in [0.717, 1.165) is 24.1 Å². The lowest BCUT2D eigenvalue weighted by molar-refractivity contribution is -0.105. The monoisotopic (exact) mass is 260 g/mol. The SMILES string of the molecule is CCCc1ccc(-c2csc(NC=O)n2)cc1C. The highest BCUT2D eigenvalue weighted by atomic mass is 32.1. The zero-order valence-corrected chi connectivity index (χ0v) is 11.4. The zero-order chi connectivity index (χ0) is 13.0. The van der Waals surface area contributed by atoms with Gasteiger partial charge in [-0.15, -0.1) is 11.3 Å². The molecular formula is C14H16N2OS. The van der Waals surface area contributed by atoms with Crippen LogP contribution < -0.4 is 5.32 Å². The number of anilines is 1. The van der Waals surface area contributed by atoms with Gasteiger partial charge in [0.2, 0.25) is 6.41 Å². The van der Waals surface area contributed by atoms with Crippen LogP contribution in [0.15, 0.2) is 23.6 Å². The molecule has 0 aliphatic carbocycles. The second-order valence-corrected chi connectivity index (χ2v) is 5.05. The molecule has 1 amide bonds. The highest BCUT2D eigenvalue weighted by Crippen LogP contribution is 2.26. The number of aromatic nitrogens is 1. The molecule has 1 N–H and O–H groups in total. The average Bonchev–Trinajstić information content (AvgIpc) is 2.81. The molecule has 0 unspecified atom stereocenters. The van der Waals surface area contributed by atoms with Crippen molar-refractivity contribution in [2.45, 2.75) is 26.7 Å². The van der Waals surface area contributed by atoms with Crippen LogP contribution in [0.4, 0.5) is 5.13 Å². The molecule has 0 aliphatic rings. The van der Waals surface area contributed by atoms with Gasteiger partial charge in [0.15, 0.2) is 5.13 Å². The van der Waals surface area contributed by atoms with Crippen LogP contribution in [-0.2, 0) is 11.2 Å². The molecule has 3 nitrogen and oxygen atoms in total. The summed E-state index contributed by atoms with van der Waals surface area (Å²) < 4.78 is 0. The second-order valence-electron chi connectivity index (χ2n) is 4.19. The van der Waals surface area contributed by atoms with Crippen molar-refractivity contribution in [3.63, 3.8) is 0 Å². The van der Waals surface area contributed by atoms with Crippen LogP contribution in [0.1, 0.15) is 24.5 Å². The predicted octanol–water partition coefficient (Wildman–Crippen LogP) is 3.64. The number of benzene rings is 1. The van der Waals surface area contributed by atoms with Crippen LogP contribution in [0.5, 0.6) is 0 Å². The Morgan fingerprint density at radius 1 is 1.44 bits per heavy atom. The Bertz CT molecular complexity index is 548. The highest BCUT2D eigenvalue weighted by Gasteiger charge is 2.06. The van der Waals surface area contributed by atoms with E-state index in [1.54, 1.807) is 0 Å². The summed E-state index contributed by atoms with van der Waals surface area (Å²) in [5.41, 5.74) is 4.70. The number of thiazole rings is 1. The number of aryl methyl sites for hydroxylation is 2. The molecule has 94 valence electrons. The molecular weight excluding hydrogens is 244 g/mol. The summed E-state index contributed by atoms with van der Waals surface area (Å²) >= 11 is 1.44. The van der Waals surface area contributed by atoms with Gasteiger partial charge >= 0.3 is 0 Å². The fourth-order valence-electron chi connectivity index (χ4n) is 1.93. The van der Waals surface area contributed by atoms with E-state index in [4.69, 9.17) is 0 Å². The first-order valence-corrected chi connectivity index (χ1v) is 6.88. The molecule has 1 heterocycles. The fraction of sp³-hybridized carbons (Fsp3) is 0.286. The maximum absolute atomic E-state index is 10.3. The van der Waals surface area contributed by atoms with Crippen LogP contribution in [0.2, 0.25) is 0 Å². The number of hydrogen-bond acceptors (Lipinski definition) is 3. The molecule has 2 aromatic rings. The highest BCUT2D eigenvalue weighted by molar-refractivity contribution is 7.14. The fourth-order valence-corrected chi connectivity index (χ4v) is 2.61. The smallest absolute Gasteiger partial charge is 0.213 e. The van der Waals surface area contributed by atoms with Crippen LogP contribution in [-0.4, -0.2) is 11.4 Å². The summed E-state index contributed by atoms with van der Waals surface area (Å²) in [5, 5.41) is 5.16. The van der Waals surface area contributed by atoms with Gasteiger partial charge in [-0.3, -0.25) is 4.79 Å². The van der Waals surface area contributed by atoms with E-state index in [1.165, 1.54) is 22.5 Å². The maximum atomic E-state index is 10.3. The summed E-state index contributed by atoms with van der Waals surface area (Å²) in [6.45, 7) is 4.32. The van der Waals surface area contributed by atoms with Crippen LogP contribution >= 0.6 is 11.3 Å². The van der Waals surface area contributed by atoms with Gasteiger partial charge < -0.3 is 5.32 Å². The number of amides is 1. The van der Waals surface area contributed by atoms with Gasteiger partial charge in [0, 0.05) is 10.9 Å². The minimum atomic E-state index is 0.635. The van der Waals surface area contributed by atoms with Gasteiger partial charge in [-0.1, -0.05) is 25.5 Å². The number of nitrogens with one attached hydrogen (secondary N) is 1. The third-order valence-electron chi connectivity index (χ3n) is 2.84. The van der Waals surface area contributed by atoms with Gasteiger partial charge in [0.1, 0.15) is 0 Å². The molecule has 4 heteroatoms. The first-order valence-electron chi connectivity index (χ1n) is 6.00. The van der Waals surface area contributed by atoms with E-state index in [9.17, 15) is 4.79 Å². The first kappa shape index (κ1) is 12.8. The van der Waals surface area contributed by atoms with Gasteiger partial charge in [-0.2, -0.15) is 0 Å². The summed E-state index contributed by atoms with van der Waals surface area (Å²) in [4.78, 5) is 14.7. The summed E-state index contributed by atoms with van der Waals surface area (Å²) in [7, 11) is 0. The van der Waals surface area contributed by atoms with Gasteiger partial charge in [0.05, 0.1) is 5.69 Å². The third kappa shape index (κ3) is 2.76. The first-order chi connectivity index (χ1) is 8.74. The van der Waals surface area contributed by atoms with Crippen molar-refractivity contribution >= 4 is 22.9 Å². The van der Waals surface area contributed by atoms with Gasteiger partial charge in [0.25, 0.3) is 0 Å². The molecule has 2 rings (SSSR count). The Morgan fingerprint density at radius 2 is 2.28 bits per heavy atom. The third-order valence-corrected chi connectivity index (χ3v) is 3.62. The minimum Gasteiger partial charge on any atom is -0.305 e. The summed E-state index contributed by atoms with van der Waals surface area (Å²) in [6, 6.07) is 6.42. The van der Waals surface area contributed by atoms with Crippen molar-refractivity contribution in [1.82, 2.24) is 4.98 Å². The van der Waals surface area contributed by atoms with Crippen molar-refractivity contribution in [3.05, 3.63) is 34.7 Å². The van der Waals surface area contributed by atoms with Crippen molar-refractivity contribution in [3.8, 4) is 11.3 Å². The number of hydrogen-bond donors (Lipinski definition) is 1. The lowest BCUT2D eigenvalue weighted by Crippen LogP contribution is -1.93. The lowest BCUT2D eigenvalue weighted by atomic mass is 10.0.